The molecule has 1 aromatic rings. The molecule has 0 saturated carbocycles. The van der Waals surface area contributed by atoms with Crippen LogP contribution in [0.3, 0.4) is 0 Å². The van der Waals surface area contributed by atoms with Crippen LogP contribution in [-0.4, -0.2) is 54.0 Å². The number of ether oxygens (including phenoxy) is 1. The van der Waals surface area contributed by atoms with Crippen molar-refractivity contribution in [3.63, 3.8) is 0 Å². The topological polar surface area (TPSA) is 147 Å². The summed E-state index contributed by atoms with van der Waals surface area (Å²) in [5.41, 5.74) is -1.53. The normalized spacial score (nSPS) is 26.9. The zero-order valence-electron chi connectivity index (χ0n) is 18.7. The van der Waals surface area contributed by atoms with Gasteiger partial charge >= 0.3 is 0 Å². The maximum Gasteiger partial charge on any atom is 0.194 e. The van der Waals surface area contributed by atoms with Crippen LogP contribution in [0.15, 0.2) is 23.1 Å². The van der Waals surface area contributed by atoms with Crippen molar-refractivity contribution >= 4 is 27.2 Å². The molecule has 0 amide bonds. The van der Waals surface area contributed by atoms with E-state index in [9.17, 15) is 33.0 Å². The van der Waals surface area contributed by atoms with Gasteiger partial charge in [-0.2, -0.15) is 0 Å². The van der Waals surface area contributed by atoms with Gasteiger partial charge in [-0.25, -0.2) is 8.42 Å². The lowest BCUT2D eigenvalue weighted by molar-refractivity contribution is -0.123. The number of carbonyl (C=O) groups is 3. The van der Waals surface area contributed by atoms with Gasteiger partial charge in [0.25, 0.3) is 0 Å². The van der Waals surface area contributed by atoms with Crippen molar-refractivity contribution in [2.45, 2.75) is 39.5 Å². The molecule has 0 bridgehead atoms. The molecular formula is C23H25NO8S. The largest absolute Gasteiger partial charge is 0.507 e. The van der Waals surface area contributed by atoms with Crippen molar-refractivity contribution in [2.24, 2.45) is 5.92 Å². The number of phenols is 2. The third kappa shape index (κ3) is 3.35. The van der Waals surface area contributed by atoms with Gasteiger partial charge in [-0.15, -0.1) is 0 Å². The van der Waals surface area contributed by atoms with Crippen LogP contribution in [0.4, 0.5) is 0 Å². The predicted molar refractivity (Wildman–Crippen MR) is 118 cm³/mol. The molecule has 1 aromatic carbocycles. The fourth-order valence-corrected chi connectivity index (χ4v) is 6.64. The molecule has 1 fully saturated rings. The number of allylic oxidation sites excluding steroid dienone is 4. The Morgan fingerprint density at radius 3 is 2.48 bits per heavy atom. The third-order valence-corrected chi connectivity index (χ3v) is 8.58. The van der Waals surface area contributed by atoms with E-state index in [2.05, 4.69) is 5.32 Å². The second kappa shape index (κ2) is 7.44. The Kier molecular flexibility index (Phi) is 5.19. The van der Waals surface area contributed by atoms with Crippen LogP contribution in [0.25, 0.3) is 0 Å². The molecule has 1 saturated heterocycles. The highest BCUT2D eigenvalue weighted by molar-refractivity contribution is 7.91. The molecule has 9 nitrogen and oxygen atoms in total. The van der Waals surface area contributed by atoms with Crippen molar-refractivity contribution in [3.05, 3.63) is 39.8 Å². The van der Waals surface area contributed by atoms with Gasteiger partial charge in [0, 0.05) is 23.9 Å². The molecule has 0 aromatic heterocycles. The minimum absolute atomic E-state index is 0.0255. The van der Waals surface area contributed by atoms with E-state index in [1.165, 1.54) is 20.8 Å². The minimum Gasteiger partial charge on any atom is -0.507 e. The molecule has 0 radical (unpaired) electrons. The van der Waals surface area contributed by atoms with E-state index >= 15 is 0 Å². The molecule has 2 atom stereocenters. The monoisotopic (exact) mass is 475 g/mol. The zero-order valence-corrected chi connectivity index (χ0v) is 19.6. The Labute approximate surface area is 191 Å². The van der Waals surface area contributed by atoms with Gasteiger partial charge < -0.3 is 20.3 Å². The molecule has 2 heterocycles. The smallest absolute Gasteiger partial charge is 0.194 e. The summed E-state index contributed by atoms with van der Waals surface area (Å²) < 4.78 is 29.1. The number of sulfone groups is 1. The summed E-state index contributed by atoms with van der Waals surface area (Å²) in [5, 5.41) is 24.2. The van der Waals surface area contributed by atoms with Gasteiger partial charge in [0.1, 0.15) is 34.0 Å². The Bertz CT molecular complexity index is 1300. The molecule has 0 spiro atoms. The van der Waals surface area contributed by atoms with E-state index in [-0.39, 0.29) is 56.9 Å². The molecule has 4 rings (SSSR count). The number of carbonyl (C=O) groups excluding carboxylic acids is 3. The summed E-state index contributed by atoms with van der Waals surface area (Å²) in [7, 11) is -3.06. The second-order valence-corrected chi connectivity index (χ2v) is 11.3. The molecule has 10 heteroatoms. The number of ketones is 3. The van der Waals surface area contributed by atoms with Gasteiger partial charge in [0.05, 0.1) is 22.6 Å². The van der Waals surface area contributed by atoms with Gasteiger partial charge in [-0.1, -0.05) is 0 Å². The van der Waals surface area contributed by atoms with Crippen LogP contribution in [0.1, 0.15) is 48.7 Å². The molecule has 33 heavy (non-hydrogen) atoms. The Morgan fingerprint density at radius 1 is 1.24 bits per heavy atom. The second-order valence-electron chi connectivity index (χ2n) is 9.04. The van der Waals surface area contributed by atoms with E-state index in [0.29, 0.717) is 18.7 Å². The van der Waals surface area contributed by atoms with Gasteiger partial charge in [-0.3, -0.25) is 14.4 Å². The number of hydrogen-bond donors (Lipinski definition) is 3. The number of hydrogen-bond acceptors (Lipinski definition) is 9. The highest BCUT2D eigenvalue weighted by atomic mass is 32.2. The highest BCUT2D eigenvalue weighted by Gasteiger charge is 2.56. The molecule has 176 valence electrons. The first kappa shape index (κ1) is 23.0. The Morgan fingerprint density at radius 2 is 1.91 bits per heavy atom. The lowest BCUT2D eigenvalue weighted by Gasteiger charge is -2.29. The standard InChI is InChI=1S/C23H25NO8S/c1-10-19(27)17(12(3)25)21-18(20(10)28)23(4)15(32-21)7-14(26)16(22(23)29)11(2)24-8-13-5-6-33(30,31)9-13/h7,13,24,27-28H,5-6,8-9H2,1-4H3/b16-11-/t13-,23+/m0/s1. The van der Waals surface area contributed by atoms with Gasteiger partial charge in [-0.05, 0) is 40.0 Å². The molecule has 3 N–H and O–H groups in total. The summed E-state index contributed by atoms with van der Waals surface area (Å²) in [6.07, 6.45) is 1.66. The quantitative estimate of drug-likeness (QED) is 0.335. The number of rotatable bonds is 4. The number of benzene rings is 1. The first-order chi connectivity index (χ1) is 15.3. The van der Waals surface area contributed by atoms with Crippen molar-refractivity contribution < 1.29 is 37.8 Å². The molecule has 3 aliphatic rings. The van der Waals surface area contributed by atoms with E-state index in [1.54, 1.807) is 6.92 Å². The zero-order chi connectivity index (χ0) is 24.5. The van der Waals surface area contributed by atoms with Gasteiger partial charge in [0.2, 0.25) is 0 Å². The van der Waals surface area contributed by atoms with E-state index in [0.717, 1.165) is 6.08 Å². The average molecular weight is 476 g/mol. The van der Waals surface area contributed by atoms with Crippen LogP contribution >= 0.6 is 0 Å². The fraction of sp³-hybridized carbons (Fsp3) is 0.435. The number of phenolic OH excluding ortho intramolecular Hbond substituents is 2. The van der Waals surface area contributed by atoms with Gasteiger partial charge in [0.15, 0.2) is 27.2 Å². The first-order valence-electron chi connectivity index (χ1n) is 10.5. The van der Waals surface area contributed by atoms with Crippen molar-refractivity contribution in [1.82, 2.24) is 5.32 Å². The van der Waals surface area contributed by atoms with Crippen LogP contribution in [0.2, 0.25) is 0 Å². The van der Waals surface area contributed by atoms with Crippen molar-refractivity contribution in [3.8, 4) is 17.2 Å². The summed E-state index contributed by atoms with van der Waals surface area (Å²) in [6.45, 7) is 6.00. The van der Waals surface area contributed by atoms with Crippen LogP contribution in [-0.2, 0) is 24.8 Å². The SMILES string of the molecule is CC(=O)c1c(O)c(C)c(O)c2c1OC1=CC(=O)/C(=C(\C)NC[C@@H]3CCS(=O)(=O)C3)C(=O)[C@]12C. The number of nitrogens with one attached hydrogen (secondary N) is 1. The number of Topliss-reactive ketones (excluding diaryl/α,β-unsaturated/α-hetero) is 2. The number of fused-ring (bicyclic) bond motifs is 3. The fourth-order valence-electron chi connectivity index (χ4n) is 4.78. The molecule has 1 aliphatic carbocycles. The Hall–Kier alpha value is -3.14. The summed E-state index contributed by atoms with van der Waals surface area (Å²) in [6, 6.07) is 0. The van der Waals surface area contributed by atoms with E-state index < -0.39 is 38.4 Å². The maximum atomic E-state index is 13.7. The van der Waals surface area contributed by atoms with E-state index in [4.69, 9.17) is 4.74 Å². The summed E-state index contributed by atoms with van der Waals surface area (Å²) in [5.74, 6) is -2.69. The maximum absolute atomic E-state index is 13.7. The van der Waals surface area contributed by atoms with Crippen molar-refractivity contribution in [2.75, 3.05) is 18.1 Å². The predicted octanol–water partition coefficient (Wildman–Crippen LogP) is 1.59. The molecular weight excluding hydrogens is 450 g/mol. The lowest BCUT2D eigenvalue weighted by Crippen LogP contribution is -2.41. The number of aromatic hydroxyl groups is 2. The highest BCUT2D eigenvalue weighted by Crippen LogP contribution is 2.57. The molecule has 2 aliphatic heterocycles. The first-order valence-corrected chi connectivity index (χ1v) is 12.4. The van der Waals surface area contributed by atoms with Crippen LogP contribution in [0, 0.1) is 12.8 Å². The third-order valence-electron chi connectivity index (χ3n) is 6.74. The van der Waals surface area contributed by atoms with Crippen LogP contribution in [0.5, 0.6) is 17.2 Å². The van der Waals surface area contributed by atoms with Crippen LogP contribution < -0.4 is 10.1 Å². The summed E-state index contributed by atoms with van der Waals surface area (Å²) in [4.78, 5) is 38.8. The average Bonchev–Trinajstić information content (AvgIpc) is 3.21. The molecule has 0 unspecified atom stereocenters. The summed E-state index contributed by atoms with van der Waals surface area (Å²) >= 11 is 0. The Balaban J connectivity index is 1.78. The van der Waals surface area contributed by atoms with E-state index in [1.807, 2.05) is 0 Å². The van der Waals surface area contributed by atoms with Crippen molar-refractivity contribution in [1.29, 1.82) is 0 Å². The lowest BCUT2D eigenvalue weighted by atomic mass is 9.70. The minimum atomic E-state index is -3.06.